The van der Waals surface area contributed by atoms with E-state index in [2.05, 4.69) is 15.6 Å². The molecule has 0 spiro atoms. The largest absolute Gasteiger partial charge is 0.494 e. The summed E-state index contributed by atoms with van der Waals surface area (Å²) in [7, 11) is 0. The molecule has 43 heavy (non-hydrogen) atoms. The molecule has 3 heterocycles. The first-order valence-electron chi connectivity index (χ1n) is 13.2. The molecule has 1 atom stereocenters. The third-order valence-corrected chi connectivity index (χ3v) is 7.07. The van der Waals surface area contributed by atoms with Crippen LogP contribution in [0.2, 0.25) is 0 Å². The Labute approximate surface area is 242 Å². The Morgan fingerprint density at radius 1 is 1.16 bits per heavy atom. The van der Waals surface area contributed by atoms with Crippen molar-refractivity contribution < 1.29 is 36.0 Å². The van der Waals surface area contributed by atoms with Crippen LogP contribution in [0.3, 0.4) is 0 Å². The van der Waals surface area contributed by atoms with Crippen molar-refractivity contribution in [3.05, 3.63) is 83.6 Å². The lowest BCUT2D eigenvalue weighted by Crippen LogP contribution is -2.41. The zero-order chi connectivity index (χ0) is 31.1. The number of rotatable bonds is 9. The van der Waals surface area contributed by atoms with E-state index in [-0.39, 0.29) is 40.9 Å². The molecule has 226 valence electrons. The standard InChI is InChI=1S/C29H27F5N6O3/c1-4-12-42-16-8-9-17(18(13-16)29(32,33)34)20-14-23(43-38-20)24(26(35)41)28(2,3)39-15-36-27-22(39)10-11-40(37-27)21-7-5-6-19(30)25(21)31/h5-11,13-15,24,37H,4,12H2,1-3H3,(H2,35,41). The molecule has 1 aliphatic rings. The van der Waals surface area contributed by atoms with Gasteiger partial charge in [0.2, 0.25) is 5.91 Å². The maximum atomic E-state index is 14.4. The van der Waals surface area contributed by atoms with Gasteiger partial charge >= 0.3 is 6.18 Å². The van der Waals surface area contributed by atoms with Crippen LogP contribution in [0.25, 0.3) is 17.3 Å². The second kappa shape index (κ2) is 11.1. The summed E-state index contributed by atoms with van der Waals surface area (Å²) in [5.74, 6) is -3.86. The summed E-state index contributed by atoms with van der Waals surface area (Å²) in [6.45, 7) is 5.42. The van der Waals surface area contributed by atoms with Gasteiger partial charge in [-0.1, -0.05) is 18.1 Å². The topological polar surface area (TPSA) is 111 Å². The Kier molecular flexibility index (Phi) is 7.63. The zero-order valence-electron chi connectivity index (χ0n) is 23.2. The summed E-state index contributed by atoms with van der Waals surface area (Å²) in [5, 5.41) is 5.10. The van der Waals surface area contributed by atoms with Crippen LogP contribution in [0, 0.1) is 11.6 Å². The zero-order valence-corrected chi connectivity index (χ0v) is 23.2. The van der Waals surface area contributed by atoms with Crippen LogP contribution in [0.1, 0.15) is 50.1 Å². The average Bonchev–Trinajstić information content (AvgIpc) is 3.60. The lowest BCUT2D eigenvalue weighted by Gasteiger charge is -2.34. The third kappa shape index (κ3) is 5.51. The second-order valence-corrected chi connectivity index (χ2v) is 10.4. The molecule has 4 aromatic rings. The molecule has 3 N–H and O–H groups in total. The first-order valence-corrected chi connectivity index (χ1v) is 13.2. The van der Waals surface area contributed by atoms with Crippen molar-refractivity contribution in [2.45, 2.75) is 44.8 Å². The van der Waals surface area contributed by atoms with Crippen LogP contribution < -0.4 is 20.9 Å². The Balaban J connectivity index is 1.48. The number of amides is 1. The number of nitrogens with one attached hydrogen (secondary N) is 1. The number of carbonyl (C=O) groups is 1. The first-order chi connectivity index (χ1) is 20.3. The lowest BCUT2D eigenvalue weighted by molar-refractivity contribution is -0.137. The Bertz CT molecular complexity index is 1690. The van der Waals surface area contributed by atoms with Gasteiger partial charge in [0.1, 0.15) is 23.0 Å². The monoisotopic (exact) mass is 602 g/mol. The van der Waals surface area contributed by atoms with Crippen LogP contribution in [0.4, 0.5) is 33.5 Å². The molecular formula is C29H27F5N6O3. The van der Waals surface area contributed by atoms with Crippen LogP contribution in [0.5, 0.6) is 5.75 Å². The van der Waals surface area contributed by atoms with Gasteiger partial charge in [-0.2, -0.15) is 13.2 Å². The average molecular weight is 603 g/mol. The van der Waals surface area contributed by atoms with E-state index in [1.54, 1.807) is 24.5 Å². The van der Waals surface area contributed by atoms with Crippen molar-refractivity contribution >= 4 is 23.5 Å². The fourth-order valence-electron chi connectivity index (χ4n) is 5.00. The molecule has 2 aromatic heterocycles. The van der Waals surface area contributed by atoms with E-state index in [1.165, 1.54) is 47.9 Å². The van der Waals surface area contributed by atoms with Crippen molar-refractivity contribution in [2.24, 2.45) is 5.73 Å². The maximum Gasteiger partial charge on any atom is 0.417 e. The number of hydrogen-bond donors (Lipinski definition) is 2. The minimum absolute atomic E-state index is 0.0584. The van der Waals surface area contributed by atoms with Crippen molar-refractivity contribution in [1.29, 1.82) is 0 Å². The highest BCUT2D eigenvalue weighted by Crippen LogP contribution is 2.42. The number of fused-ring (bicyclic) bond motifs is 1. The van der Waals surface area contributed by atoms with Gasteiger partial charge in [-0.3, -0.25) is 15.2 Å². The molecule has 2 aromatic carbocycles. The smallest absolute Gasteiger partial charge is 0.417 e. The van der Waals surface area contributed by atoms with Gasteiger partial charge in [0, 0.05) is 17.8 Å². The number of hydrogen-bond acceptors (Lipinski definition) is 7. The number of anilines is 2. The van der Waals surface area contributed by atoms with Crippen molar-refractivity contribution in [3.63, 3.8) is 0 Å². The van der Waals surface area contributed by atoms with Gasteiger partial charge in [0.25, 0.3) is 0 Å². The summed E-state index contributed by atoms with van der Waals surface area (Å²) in [4.78, 5) is 17.1. The molecule has 0 fully saturated rings. The van der Waals surface area contributed by atoms with Crippen LogP contribution in [-0.2, 0) is 16.5 Å². The van der Waals surface area contributed by atoms with Crippen LogP contribution in [-0.4, -0.2) is 27.2 Å². The van der Waals surface area contributed by atoms with E-state index < -0.39 is 40.7 Å². The van der Waals surface area contributed by atoms with Gasteiger partial charge in [-0.15, -0.1) is 0 Å². The van der Waals surface area contributed by atoms with Crippen molar-refractivity contribution in [2.75, 3.05) is 17.0 Å². The number of carbonyl (C=O) groups excluding carboxylic acids is 1. The number of primary amides is 1. The molecule has 1 aliphatic heterocycles. The number of imidazole rings is 1. The number of alkyl halides is 3. The highest BCUT2D eigenvalue weighted by Gasteiger charge is 2.42. The molecule has 0 radical (unpaired) electrons. The predicted molar refractivity (Wildman–Crippen MR) is 148 cm³/mol. The van der Waals surface area contributed by atoms with E-state index in [0.717, 1.165) is 12.1 Å². The molecule has 1 unspecified atom stereocenters. The van der Waals surface area contributed by atoms with E-state index in [4.69, 9.17) is 15.0 Å². The van der Waals surface area contributed by atoms with Crippen molar-refractivity contribution in [1.82, 2.24) is 14.7 Å². The highest BCUT2D eigenvalue weighted by molar-refractivity contribution is 5.83. The van der Waals surface area contributed by atoms with Crippen LogP contribution >= 0.6 is 0 Å². The molecule has 1 amide bonds. The molecular weight excluding hydrogens is 575 g/mol. The number of halogens is 5. The minimum atomic E-state index is -4.72. The van der Waals surface area contributed by atoms with E-state index in [9.17, 15) is 26.7 Å². The van der Waals surface area contributed by atoms with E-state index in [0.29, 0.717) is 12.1 Å². The Morgan fingerprint density at radius 3 is 2.63 bits per heavy atom. The number of nitrogens with zero attached hydrogens (tertiary/aromatic N) is 4. The predicted octanol–water partition coefficient (Wildman–Crippen LogP) is 6.45. The van der Waals surface area contributed by atoms with Gasteiger partial charge in [0.05, 0.1) is 29.7 Å². The molecule has 9 nitrogen and oxygen atoms in total. The summed E-state index contributed by atoms with van der Waals surface area (Å²) in [5.41, 5.74) is 6.50. The quantitative estimate of drug-likeness (QED) is 0.212. The van der Waals surface area contributed by atoms with Gasteiger partial charge in [-0.05, 0) is 56.7 Å². The highest BCUT2D eigenvalue weighted by atomic mass is 19.4. The minimum Gasteiger partial charge on any atom is -0.494 e. The molecule has 0 bridgehead atoms. The van der Waals surface area contributed by atoms with Crippen LogP contribution in [0.15, 0.2) is 59.5 Å². The second-order valence-electron chi connectivity index (χ2n) is 10.4. The normalized spacial score (nSPS) is 13.9. The molecule has 0 saturated carbocycles. The fourth-order valence-corrected chi connectivity index (χ4v) is 5.00. The number of aromatic nitrogens is 3. The summed E-state index contributed by atoms with van der Waals surface area (Å²) in [6, 6.07) is 8.51. The molecule has 0 aliphatic carbocycles. The van der Waals surface area contributed by atoms with Gasteiger partial charge in [0.15, 0.2) is 23.2 Å². The van der Waals surface area contributed by atoms with Crippen molar-refractivity contribution in [3.8, 4) is 17.0 Å². The summed E-state index contributed by atoms with van der Waals surface area (Å²) in [6.07, 6.45) is 0.340. The van der Waals surface area contributed by atoms with Gasteiger partial charge in [-0.25, -0.2) is 13.8 Å². The Hall–Kier alpha value is -4.88. The lowest BCUT2D eigenvalue weighted by atomic mass is 9.83. The first kappa shape index (κ1) is 29.6. The molecule has 0 saturated heterocycles. The summed E-state index contributed by atoms with van der Waals surface area (Å²) < 4.78 is 82.5. The fraction of sp³-hybridized carbons (Fsp3) is 0.276. The van der Waals surface area contributed by atoms with Gasteiger partial charge < -0.3 is 19.6 Å². The number of nitrogens with two attached hydrogens (primary N) is 1. The SMILES string of the molecule is CCCOc1ccc(-c2cc(C(C(N)=O)C(C)(C)n3cnc4c3C=CN(c3cccc(F)c3F)N4)on2)c(C(F)(F)F)c1. The van der Waals surface area contributed by atoms with E-state index in [1.807, 2.05) is 6.92 Å². The number of ether oxygens (including phenoxy) is 1. The molecule has 14 heteroatoms. The third-order valence-electron chi connectivity index (χ3n) is 7.07. The number of benzene rings is 2. The number of hydrazine groups is 1. The maximum absolute atomic E-state index is 14.4. The summed E-state index contributed by atoms with van der Waals surface area (Å²) >= 11 is 0. The molecule has 5 rings (SSSR count). The Morgan fingerprint density at radius 2 is 1.93 bits per heavy atom. The van der Waals surface area contributed by atoms with E-state index >= 15 is 0 Å².